The van der Waals surface area contributed by atoms with Gasteiger partial charge >= 0.3 is 5.97 Å². The summed E-state index contributed by atoms with van der Waals surface area (Å²) in [7, 11) is 0. The van der Waals surface area contributed by atoms with Gasteiger partial charge in [0.1, 0.15) is 0 Å². The molecule has 0 radical (unpaired) electrons. The lowest BCUT2D eigenvalue weighted by atomic mass is 10.1. The molecule has 0 heterocycles. The Balaban J connectivity index is 2.40. The van der Waals surface area contributed by atoms with Crippen LogP contribution in [0.1, 0.15) is 25.0 Å². The highest BCUT2D eigenvalue weighted by Crippen LogP contribution is 2.14. The minimum absolute atomic E-state index is 0.913. The molecule has 0 unspecified atom stereocenters. The molecule has 0 aliphatic carbocycles. The van der Waals surface area contributed by atoms with Crippen molar-refractivity contribution in [2.24, 2.45) is 0 Å². The molecule has 1 N–H and O–H groups in total. The summed E-state index contributed by atoms with van der Waals surface area (Å²) in [6.07, 6.45) is 2.80. The number of hydrogen-bond donors (Lipinski definition) is 1. The molecule has 1 aromatic carbocycles. The lowest BCUT2D eigenvalue weighted by molar-refractivity contribution is -0.131. The summed E-state index contributed by atoms with van der Waals surface area (Å²) < 4.78 is 0. The van der Waals surface area contributed by atoms with E-state index in [0.29, 0.717) is 0 Å². The van der Waals surface area contributed by atoms with E-state index in [2.05, 4.69) is 24.8 Å². The summed E-state index contributed by atoms with van der Waals surface area (Å²) in [6, 6.07) is 8.03. The summed E-state index contributed by atoms with van der Waals surface area (Å²) in [5.41, 5.74) is 2.18. The number of thioether (sulfide) groups is 1. The van der Waals surface area contributed by atoms with Crippen LogP contribution >= 0.6 is 11.8 Å². The van der Waals surface area contributed by atoms with Gasteiger partial charge < -0.3 is 10.0 Å². The zero-order chi connectivity index (χ0) is 14.8. The largest absolute Gasteiger partial charge is 0.478 e. The predicted octanol–water partition coefficient (Wildman–Crippen LogP) is 3.36. The van der Waals surface area contributed by atoms with E-state index in [9.17, 15) is 4.79 Å². The van der Waals surface area contributed by atoms with Crippen molar-refractivity contribution in [3.63, 3.8) is 0 Å². The normalized spacial score (nSPS) is 11.3. The Labute approximate surface area is 125 Å². The van der Waals surface area contributed by atoms with E-state index in [4.69, 9.17) is 5.11 Å². The number of aliphatic carboxylic acids is 1. The van der Waals surface area contributed by atoms with Crippen LogP contribution in [-0.4, -0.2) is 41.4 Å². The topological polar surface area (TPSA) is 40.5 Å². The predicted molar refractivity (Wildman–Crippen MR) is 87.1 cm³/mol. The molecule has 0 atom stereocenters. The van der Waals surface area contributed by atoms with Crippen LogP contribution < -0.4 is 0 Å². The first kappa shape index (κ1) is 16.8. The van der Waals surface area contributed by atoms with Gasteiger partial charge in [0.05, 0.1) is 0 Å². The molecular formula is C16H23NO2S. The molecule has 110 valence electrons. The van der Waals surface area contributed by atoms with Crippen molar-refractivity contribution in [1.82, 2.24) is 4.90 Å². The Kier molecular flexibility index (Phi) is 8.07. The smallest absolute Gasteiger partial charge is 0.328 e. The Hall–Kier alpha value is -1.26. The second kappa shape index (κ2) is 9.61. The molecule has 1 aromatic rings. The van der Waals surface area contributed by atoms with Crippen molar-refractivity contribution in [2.75, 3.05) is 25.4 Å². The number of rotatable bonds is 9. The van der Waals surface area contributed by atoms with Gasteiger partial charge in [0.15, 0.2) is 0 Å². The molecule has 0 amide bonds. The Morgan fingerprint density at radius 1 is 1.35 bits per heavy atom. The van der Waals surface area contributed by atoms with Crippen LogP contribution in [0, 0.1) is 0 Å². The van der Waals surface area contributed by atoms with Crippen LogP contribution in [0.2, 0.25) is 0 Å². The van der Waals surface area contributed by atoms with Crippen molar-refractivity contribution < 1.29 is 9.90 Å². The van der Waals surface area contributed by atoms with Gasteiger partial charge in [0.2, 0.25) is 0 Å². The number of benzene rings is 1. The Morgan fingerprint density at radius 2 is 2.10 bits per heavy atom. The molecule has 1 rings (SSSR count). The van der Waals surface area contributed by atoms with Crippen molar-refractivity contribution in [2.45, 2.75) is 19.6 Å². The highest BCUT2D eigenvalue weighted by Gasteiger charge is 1.99. The fourth-order valence-corrected chi connectivity index (χ4v) is 2.82. The van der Waals surface area contributed by atoms with Crippen LogP contribution in [0.25, 0.3) is 6.08 Å². The van der Waals surface area contributed by atoms with E-state index in [1.54, 1.807) is 6.08 Å². The summed E-state index contributed by atoms with van der Waals surface area (Å²) >= 11 is 1.92. The molecule has 0 aromatic heterocycles. The van der Waals surface area contributed by atoms with Crippen LogP contribution in [-0.2, 0) is 10.5 Å². The highest BCUT2D eigenvalue weighted by atomic mass is 32.2. The SMILES string of the molecule is CCN(CC)CCSCc1cccc(C=CC(=O)O)c1. The number of nitrogens with zero attached hydrogens (tertiary/aromatic N) is 1. The van der Waals surface area contributed by atoms with Crippen LogP contribution in [0.5, 0.6) is 0 Å². The van der Waals surface area contributed by atoms with Gasteiger partial charge in [0.25, 0.3) is 0 Å². The van der Waals surface area contributed by atoms with Gasteiger partial charge in [-0.25, -0.2) is 4.79 Å². The molecule has 0 spiro atoms. The fourth-order valence-electron chi connectivity index (χ4n) is 1.88. The number of carboxylic acids is 1. The second-order valence-electron chi connectivity index (χ2n) is 4.50. The van der Waals surface area contributed by atoms with Crippen LogP contribution in [0.4, 0.5) is 0 Å². The maximum Gasteiger partial charge on any atom is 0.328 e. The standard InChI is InChI=1S/C16H23NO2S/c1-3-17(4-2)10-11-20-13-15-7-5-6-14(12-15)8-9-16(18)19/h5-9,12H,3-4,10-11,13H2,1-2H3,(H,18,19). The lowest BCUT2D eigenvalue weighted by Gasteiger charge is -2.17. The third-order valence-electron chi connectivity index (χ3n) is 3.08. The summed E-state index contributed by atoms with van der Waals surface area (Å²) in [5.74, 6) is 1.18. The van der Waals surface area contributed by atoms with Crippen LogP contribution in [0.3, 0.4) is 0 Å². The Morgan fingerprint density at radius 3 is 2.75 bits per heavy atom. The van der Waals surface area contributed by atoms with Crippen molar-refractivity contribution in [3.8, 4) is 0 Å². The second-order valence-corrected chi connectivity index (χ2v) is 5.60. The molecule has 0 fully saturated rings. The van der Waals surface area contributed by atoms with E-state index < -0.39 is 5.97 Å². The van der Waals surface area contributed by atoms with Crippen molar-refractivity contribution >= 4 is 23.8 Å². The quantitative estimate of drug-likeness (QED) is 0.560. The van der Waals surface area contributed by atoms with Gasteiger partial charge in [0, 0.05) is 24.1 Å². The lowest BCUT2D eigenvalue weighted by Crippen LogP contribution is -2.25. The molecule has 20 heavy (non-hydrogen) atoms. The molecule has 3 nitrogen and oxygen atoms in total. The maximum absolute atomic E-state index is 10.5. The molecule has 0 aliphatic heterocycles. The van der Waals surface area contributed by atoms with Gasteiger partial charge in [-0.1, -0.05) is 38.1 Å². The minimum atomic E-state index is -0.913. The average molecular weight is 293 g/mol. The average Bonchev–Trinajstić information content (AvgIpc) is 2.46. The van der Waals surface area contributed by atoms with Crippen LogP contribution in [0.15, 0.2) is 30.3 Å². The van der Waals surface area contributed by atoms with Gasteiger partial charge in [-0.3, -0.25) is 0 Å². The summed E-state index contributed by atoms with van der Waals surface area (Å²) in [6.45, 7) is 7.70. The molecule has 0 bridgehead atoms. The van der Waals surface area contributed by atoms with E-state index in [-0.39, 0.29) is 0 Å². The molecule has 4 heteroatoms. The fraction of sp³-hybridized carbons (Fsp3) is 0.438. The van der Waals surface area contributed by atoms with E-state index in [1.807, 2.05) is 30.0 Å². The molecule has 0 saturated heterocycles. The summed E-state index contributed by atoms with van der Waals surface area (Å²) in [5, 5.41) is 8.62. The molecule has 0 saturated carbocycles. The zero-order valence-corrected chi connectivity index (χ0v) is 13.0. The first-order valence-electron chi connectivity index (χ1n) is 6.95. The van der Waals surface area contributed by atoms with Gasteiger partial charge in [-0.15, -0.1) is 0 Å². The third kappa shape index (κ3) is 6.78. The highest BCUT2D eigenvalue weighted by molar-refractivity contribution is 7.98. The summed E-state index contributed by atoms with van der Waals surface area (Å²) in [4.78, 5) is 12.9. The number of carboxylic acid groups (broad SMARTS) is 1. The van der Waals surface area contributed by atoms with E-state index in [1.165, 1.54) is 11.6 Å². The molecular weight excluding hydrogens is 270 g/mol. The number of hydrogen-bond acceptors (Lipinski definition) is 3. The van der Waals surface area contributed by atoms with Gasteiger partial charge in [-0.05, 0) is 30.3 Å². The Bertz CT molecular complexity index is 442. The first-order valence-corrected chi connectivity index (χ1v) is 8.11. The molecule has 0 aliphatic rings. The minimum Gasteiger partial charge on any atom is -0.478 e. The van der Waals surface area contributed by atoms with E-state index in [0.717, 1.165) is 36.7 Å². The monoisotopic (exact) mass is 293 g/mol. The maximum atomic E-state index is 10.5. The third-order valence-corrected chi connectivity index (χ3v) is 4.09. The van der Waals surface area contributed by atoms with Crippen molar-refractivity contribution in [1.29, 1.82) is 0 Å². The number of carbonyl (C=O) groups is 1. The van der Waals surface area contributed by atoms with Gasteiger partial charge in [-0.2, -0.15) is 11.8 Å². The zero-order valence-electron chi connectivity index (χ0n) is 12.2. The van der Waals surface area contributed by atoms with E-state index >= 15 is 0 Å². The van der Waals surface area contributed by atoms with Crippen molar-refractivity contribution in [3.05, 3.63) is 41.5 Å². The first-order chi connectivity index (χ1) is 9.65.